The molecule has 0 saturated heterocycles. The van der Waals surface area contributed by atoms with Crippen molar-refractivity contribution in [3.8, 4) is 5.75 Å². The van der Waals surface area contributed by atoms with Crippen LogP contribution in [-0.2, 0) is 35.1 Å². The van der Waals surface area contributed by atoms with Gasteiger partial charge in [0.1, 0.15) is 17.6 Å². The van der Waals surface area contributed by atoms with Crippen LogP contribution >= 0.6 is 0 Å². The third-order valence-electron chi connectivity index (χ3n) is 7.41. The number of unbranched alkanes of at least 4 members (excludes halogenated alkanes) is 8. The number of carboxylic acids is 2. The predicted octanol–water partition coefficient (Wildman–Crippen LogP) is 4.72. The molecule has 11 heteroatoms. The lowest BCUT2D eigenvalue weighted by atomic mass is 9.83. The zero-order valence-electron chi connectivity index (χ0n) is 26.0. The van der Waals surface area contributed by atoms with Crippen LogP contribution in [0.2, 0.25) is 0 Å². The van der Waals surface area contributed by atoms with E-state index in [2.05, 4.69) is 12.2 Å². The van der Waals surface area contributed by atoms with E-state index in [9.17, 15) is 44.4 Å². The zero-order chi connectivity index (χ0) is 33.0. The number of aliphatic hydroxyl groups is 1. The van der Waals surface area contributed by atoms with Crippen molar-refractivity contribution in [2.45, 2.75) is 115 Å². The van der Waals surface area contributed by atoms with Gasteiger partial charge in [-0.15, -0.1) is 0 Å². The van der Waals surface area contributed by atoms with E-state index < -0.39 is 54.4 Å². The lowest BCUT2D eigenvalue weighted by molar-refractivity contribution is -0.170. The number of ketones is 1. The minimum Gasteiger partial charge on any atom is -0.508 e. The number of Topliss-reactive ketones (excluding diaryl/α,β-unsaturated/α-hetero) is 1. The van der Waals surface area contributed by atoms with Gasteiger partial charge in [0.25, 0.3) is 0 Å². The van der Waals surface area contributed by atoms with Crippen LogP contribution in [0, 0.1) is 5.92 Å². The first-order chi connectivity index (χ1) is 20.9. The molecule has 1 aromatic rings. The highest BCUT2D eigenvalue weighted by Gasteiger charge is 2.47. The second-order valence-electron chi connectivity index (χ2n) is 11.2. The fourth-order valence-electron chi connectivity index (χ4n) is 4.76. The van der Waals surface area contributed by atoms with Crippen LogP contribution in [0.4, 0.5) is 0 Å². The lowest BCUT2D eigenvalue weighted by Crippen LogP contribution is -2.55. The molecule has 44 heavy (non-hydrogen) atoms. The molecular weight excluding hydrogens is 570 g/mol. The van der Waals surface area contributed by atoms with Crippen molar-refractivity contribution < 1.29 is 49.1 Å². The number of amides is 1. The quantitative estimate of drug-likeness (QED) is 0.0616. The molecule has 0 radical (unpaired) electrons. The third kappa shape index (κ3) is 15.1. The van der Waals surface area contributed by atoms with Crippen molar-refractivity contribution in [3.05, 3.63) is 42.0 Å². The monoisotopic (exact) mass is 619 g/mol. The molecule has 246 valence electrons. The summed E-state index contributed by atoms with van der Waals surface area (Å²) >= 11 is 0. The fourth-order valence-corrected chi connectivity index (χ4v) is 4.76. The highest BCUT2D eigenvalue weighted by Crippen LogP contribution is 2.26. The van der Waals surface area contributed by atoms with Crippen molar-refractivity contribution in [1.82, 2.24) is 5.32 Å². The van der Waals surface area contributed by atoms with Crippen LogP contribution in [0.15, 0.2) is 36.4 Å². The van der Waals surface area contributed by atoms with Crippen LogP contribution in [-0.4, -0.2) is 68.3 Å². The number of phenolic OH excluding ortho intramolecular Hbond substituents is 1. The van der Waals surface area contributed by atoms with E-state index in [0.29, 0.717) is 31.2 Å². The molecule has 0 aliphatic rings. The Balaban J connectivity index is 2.83. The number of esters is 1. The van der Waals surface area contributed by atoms with Gasteiger partial charge in [0.15, 0.2) is 5.60 Å². The number of allylic oxidation sites excluding steroid dienone is 1. The van der Waals surface area contributed by atoms with E-state index in [1.165, 1.54) is 43.2 Å². The first kappa shape index (κ1) is 38.3. The average Bonchev–Trinajstić information content (AvgIpc) is 2.96. The van der Waals surface area contributed by atoms with Crippen molar-refractivity contribution in [2.75, 3.05) is 6.61 Å². The first-order valence-electron chi connectivity index (χ1n) is 15.5. The summed E-state index contributed by atoms with van der Waals surface area (Å²) in [4.78, 5) is 60.7. The molecule has 1 aromatic carbocycles. The molecule has 1 amide bonds. The number of carboxylic acid groups (broad SMARTS) is 2. The van der Waals surface area contributed by atoms with Gasteiger partial charge in [-0.05, 0) is 43.4 Å². The van der Waals surface area contributed by atoms with Crippen molar-refractivity contribution in [2.24, 2.45) is 5.92 Å². The summed E-state index contributed by atoms with van der Waals surface area (Å²) in [7, 11) is 0. The molecular formula is C33H49NO10. The third-order valence-corrected chi connectivity index (χ3v) is 7.41. The molecule has 0 aromatic heterocycles. The fraction of sp³-hybridized carbons (Fsp3) is 0.606. The topological polar surface area (TPSA) is 188 Å². The van der Waals surface area contributed by atoms with Crippen LogP contribution in [0.1, 0.15) is 103 Å². The Kier molecular flexibility index (Phi) is 18.3. The molecule has 0 aliphatic carbocycles. The Morgan fingerprint density at radius 2 is 1.50 bits per heavy atom. The van der Waals surface area contributed by atoms with Crippen LogP contribution in [0.25, 0.3) is 0 Å². The summed E-state index contributed by atoms with van der Waals surface area (Å²) in [6.45, 7) is 2.80. The van der Waals surface area contributed by atoms with Gasteiger partial charge in [-0.2, -0.15) is 0 Å². The van der Waals surface area contributed by atoms with Crippen molar-refractivity contribution in [3.63, 3.8) is 0 Å². The Hall–Kier alpha value is -3.73. The van der Waals surface area contributed by atoms with Crippen molar-refractivity contribution in [1.29, 1.82) is 0 Å². The van der Waals surface area contributed by atoms with E-state index in [-0.39, 0.29) is 18.0 Å². The van der Waals surface area contributed by atoms with Crippen LogP contribution < -0.4 is 5.32 Å². The number of carbonyl (C=O) groups is 5. The molecule has 0 saturated carbocycles. The number of nitrogens with one attached hydrogen (secondary N) is 1. The second kappa shape index (κ2) is 21.1. The van der Waals surface area contributed by atoms with Crippen molar-refractivity contribution >= 4 is 29.6 Å². The maximum Gasteiger partial charge on any atom is 0.336 e. The summed E-state index contributed by atoms with van der Waals surface area (Å²) in [6, 6.07) is 4.27. The van der Waals surface area contributed by atoms with Gasteiger partial charge >= 0.3 is 17.9 Å². The summed E-state index contributed by atoms with van der Waals surface area (Å²) < 4.78 is 4.80. The number of aromatic hydroxyl groups is 1. The Labute approximate surface area is 259 Å². The van der Waals surface area contributed by atoms with E-state index in [1.54, 1.807) is 6.08 Å². The number of rotatable bonds is 24. The summed E-state index contributed by atoms with van der Waals surface area (Å²) in [5, 5.41) is 42.5. The maximum atomic E-state index is 13.3. The number of aliphatic carboxylic acids is 2. The first-order valence-corrected chi connectivity index (χ1v) is 15.5. The molecule has 0 fully saturated rings. The van der Waals surface area contributed by atoms with Gasteiger partial charge in [0, 0.05) is 32.6 Å². The molecule has 0 aliphatic heterocycles. The minimum absolute atomic E-state index is 0.0178. The minimum atomic E-state index is -2.69. The molecule has 1 rings (SSSR count). The predicted molar refractivity (Wildman–Crippen MR) is 164 cm³/mol. The number of hydrogen-bond donors (Lipinski definition) is 5. The largest absolute Gasteiger partial charge is 0.508 e. The summed E-state index contributed by atoms with van der Waals surface area (Å²) in [6.07, 6.45) is 12.4. The molecule has 3 atom stereocenters. The second-order valence-corrected chi connectivity index (χ2v) is 11.2. The number of benzene rings is 1. The average molecular weight is 620 g/mol. The molecule has 0 spiro atoms. The van der Waals surface area contributed by atoms with E-state index >= 15 is 0 Å². The van der Waals surface area contributed by atoms with Gasteiger partial charge in [0.05, 0.1) is 12.5 Å². The standard InChI is InChI=1S/C33H49NO10/c1-3-4-5-8-11-14-26(36)15-12-9-6-7-10-13-16-28(33(43,32(41)42)21-22-44-24(2)35)30(38)34-29(31(39)40)23-25-17-19-27(37)20-18-25/h13,16-20,28-29,37,43H,3-12,14-15,21-23H2,1-2H3,(H,34,38)(H,39,40)(H,41,42)/b16-13+/t28-,29+,33+/m1/s1. The molecule has 5 N–H and O–H groups in total. The highest BCUT2D eigenvalue weighted by atomic mass is 16.5. The van der Waals surface area contributed by atoms with Gasteiger partial charge < -0.3 is 30.5 Å². The molecule has 0 unspecified atom stereocenters. The summed E-state index contributed by atoms with van der Waals surface area (Å²) in [5.41, 5.74) is -2.19. The number of hydrogen-bond acceptors (Lipinski definition) is 8. The summed E-state index contributed by atoms with van der Waals surface area (Å²) in [5.74, 6) is -6.24. The van der Waals surface area contributed by atoms with E-state index in [0.717, 1.165) is 45.4 Å². The smallest absolute Gasteiger partial charge is 0.336 e. The van der Waals surface area contributed by atoms with E-state index in [4.69, 9.17) is 4.74 Å². The SMILES string of the molecule is CCCCCCCC(=O)CCCCCC/C=C/[C@H](C(=O)N[C@@H](Cc1ccc(O)cc1)C(=O)O)[C@@](O)(CCOC(C)=O)C(=O)O. The van der Waals surface area contributed by atoms with Crippen LogP contribution in [0.3, 0.4) is 0 Å². The zero-order valence-corrected chi connectivity index (χ0v) is 26.0. The molecule has 0 bridgehead atoms. The van der Waals surface area contributed by atoms with Gasteiger partial charge in [-0.1, -0.05) is 69.7 Å². The van der Waals surface area contributed by atoms with Gasteiger partial charge in [-0.25, -0.2) is 9.59 Å². The Morgan fingerprint density at radius 1 is 0.909 bits per heavy atom. The normalized spacial score (nSPS) is 14.0. The molecule has 11 nitrogen and oxygen atoms in total. The lowest BCUT2D eigenvalue weighted by Gasteiger charge is -2.30. The van der Waals surface area contributed by atoms with Crippen LogP contribution in [0.5, 0.6) is 5.75 Å². The Bertz CT molecular complexity index is 1080. The highest BCUT2D eigenvalue weighted by molar-refractivity contribution is 5.92. The number of ether oxygens (including phenoxy) is 1. The molecule has 0 heterocycles. The Morgan fingerprint density at radius 3 is 2.05 bits per heavy atom. The van der Waals surface area contributed by atoms with E-state index in [1.807, 2.05) is 0 Å². The number of carbonyl (C=O) groups excluding carboxylic acids is 3. The van der Waals surface area contributed by atoms with Gasteiger partial charge in [-0.3, -0.25) is 14.4 Å². The van der Waals surface area contributed by atoms with Gasteiger partial charge in [0.2, 0.25) is 5.91 Å². The number of phenols is 1. The maximum absolute atomic E-state index is 13.3.